The van der Waals surface area contributed by atoms with Crippen LogP contribution in [-0.2, 0) is 0 Å². The lowest BCUT2D eigenvalue weighted by Crippen LogP contribution is -2.35. The molecule has 1 aromatic carbocycles. The van der Waals surface area contributed by atoms with Gasteiger partial charge in [0.15, 0.2) is 11.5 Å². The molecule has 1 amide bonds. The number of aromatic amines is 1. The molecule has 0 saturated carbocycles. The zero-order chi connectivity index (χ0) is 21.9. The third kappa shape index (κ3) is 3.80. The van der Waals surface area contributed by atoms with E-state index in [2.05, 4.69) is 35.1 Å². The van der Waals surface area contributed by atoms with E-state index in [0.717, 1.165) is 36.1 Å². The number of aliphatic hydroxyl groups excluding tert-OH is 1. The zero-order valence-corrected chi connectivity index (χ0v) is 17.4. The average molecular weight is 433 g/mol. The van der Waals surface area contributed by atoms with Crippen molar-refractivity contribution in [3.63, 3.8) is 0 Å². The predicted molar refractivity (Wildman–Crippen MR) is 119 cm³/mol. The molecule has 0 spiro atoms. The number of hydrogen-bond acceptors (Lipinski definition) is 8. The van der Waals surface area contributed by atoms with E-state index in [4.69, 9.17) is 9.84 Å². The molecule has 1 aliphatic rings. The maximum absolute atomic E-state index is 12.4. The third-order valence-electron chi connectivity index (χ3n) is 5.59. The van der Waals surface area contributed by atoms with Crippen LogP contribution in [0.3, 0.4) is 0 Å². The van der Waals surface area contributed by atoms with Gasteiger partial charge in [-0.3, -0.25) is 4.79 Å². The van der Waals surface area contributed by atoms with Gasteiger partial charge in [0, 0.05) is 24.5 Å². The van der Waals surface area contributed by atoms with Gasteiger partial charge in [-0.25, -0.2) is 19.9 Å². The molecule has 0 bridgehead atoms. The highest BCUT2D eigenvalue weighted by Crippen LogP contribution is 2.30. The van der Waals surface area contributed by atoms with Crippen LogP contribution in [0.1, 0.15) is 23.3 Å². The van der Waals surface area contributed by atoms with Crippen LogP contribution in [0.5, 0.6) is 5.75 Å². The maximum Gasteiger partial charge on any atom is 0.270 e. The SMILES string of the molecule is O=C(NCCO)c1cc(OCC2CCCN2c2ncnc3[nH]cnc23)c2ccccc2n1. The highest BCUT2D eigenvalue weighted by Gasteiger charge is 2.29. The van der Waals surface area contributed by atoms with Crippen LogP contribution in [0.25, 0.3) is 22.1 Å². The zero-order valence-electron chi connectivity index (χ0n) is 17.4. The minimum Gasteiger partial charge on any atom is -0.491 e. The molecule has 3 N–H and O–H groups in total. The fourth-order valence-electron chi connectivity index (χ4n) is 4.08. The molecule has 1 unspecified atom stereocenters. The van der Waals surface area contributed by atoms with Crippen LogP contribution in [-0.4, -0.2) is 68.3 Å². The Kier molecular flexibility index (Phi) is 5.51. The number of amides is 1. The summed E-state index contributed by atoms with van der Waals surface area (Å²) in [5.41, 5.74) is 2.39. The number of nitrogens with one attached hydrogen (secondary N) is 2. The standard InChI is InChI=1S/C22H23N7O3/c30-9-7-23-22(31)17-10-18(15-5-1-2-6-16(15)28-17)32-11-14-4-3-8-29(14)21-19-20(25-12-24-19)26-13-27-21/h1-2,5-6,10,12-14,30H,3-4,7-9,11H2,(H,23,31)(H,24,25,26,27). The Morgan fingerprint density at radius 1 is 1.28 bits per heavy atom. The summed E-state index contributed by atoms with van der Waals surface area (Å²) in [7, 11) is 0. The summed E-state index contributed by atoms with van der Waals surface area (Å²) in [6, 6.07) is 9.34. The molecule has 0 aliphatic carbocycles. The quantitative estimate of drug-likeness (QED) is 0.401. The molecule has 4 aromatic rings. The van der Waals surface area contributed by atoms with Gasteiger partial charge in [0.2, 0.25) is 0 Å². The molecule has 1 saturated heterocycles. The smallest absolute Gasteiger partial charge is 0.270 e. The molecular weight excluding hydrogens is 410 g/mol. The Morgan fingerprint density at radius 2 is 2.19 bits per heavy atom. The first kappa shape index (κ1) is 20.1. The lowest BCUT2D eigenvalue weighted by Gasteiger charge is -2.26. The Labute approximate surface area is 183 Å². The van der Waals surface area contributed by atoms with E-state index in [0.29, 0.717) is 23.5 Å². The van der Waals surface area contributed by atoms with Crippen LogP contribution < -0.4 is 15.0 Å². The summed E-state index contributed by atoms with van der Waals surface area (Å²) >= 11 is 0. The number of carbonyl (C=O) groups excluding carboxylic acids is 1. The molecule has 1 fully saturated rings. The Morgan fingerprint density at radius 3 is 3.09 bits per heavy atom. The van der Waals surface area contributed by atoms with Gasteiger partial charge in [-0.15, -0.1) is 0 Å². The Balaban J connectivity index is 1.40. The highest BCUT2D eigenvalue weighted by atomic mass is 16.5. The van der Waals surface area contributed by atoms with Gasteiger partial charge in [0.1, 0.15) is 29.9 Å². The first-order valence-electron chi connectivity index (χ1n) is 10.6. The van der Waals surface area contributed by atoms with Gasteiger partial charge in [-0.05, 0) is 25.0 Å². The average Bonchev–Trinajstić information content (AvgIpc) is 3.50. The van der Waals surface area contributed by atoms with Crippen LogP contribution in [0, 0.1) is 0 Å². The number of pyridine rings is 1. The normalized spacial score (nSPS) is 16.0. The Bertz CT molecular complexity index is 1260. The number of carbonyl (C=O) groups is 1. The lowest BCUT2D eigenvalue weighted by molar-refractivity contribution is 0.0939. The molecule has 164 valence electrons. The van der Waals surface area contributed by atoms with Crippen molar-refractivity contribution < 1.29 is 14.6 Å². The second kappa shape index (κ2) is 8.75. The number of imidazole rings is 1. The van der Waals surface area contributed by atoms with Crippen molar-refractivity contribution >= 4 is 33.8 Å². The molecule has 10 heteroatoms. The number of ether oxygens (including phenoxy) is 1. The number of nitrogens with zero attached hydrogens (tertiary/aromatic N) is 5. The Hall–Kier alpha value is -3.79. The number of benzene rings is 1. The monoisotopic (exact) mass is 433 g/mol. The van der Waals surface area contributed by atoms with Crippen molar-refractivity contribution in [1.29, 1.82) is 0 Å². The van der Waals surface area contributed by atoms with E-state index in [-0.39, 0.29) is 30.8 Å². The second-order valence-electron chi connectivity index (χ2n) is 7.60. The first-order valence-corrected chi connectivity index (χ1v) is 10.6. The van der Waals surface area contributed by atoms with Crippen LogP contribution in [0.2, 0.25) is 0 Å². The fourth-order valence-corrected chi connectivity index (χ4v) is 4.08. The van der Waals surface area contributed by atoms with E-state index in [9.17, 15) is 4.79 Å². The lowest BCUT2D eigenvalue weighted by atomic mass is 10.1. The van der Waals surface area contributed by atoms with Crippen molar-refractivity contribution in [2.24, 2.45) is 0 Å². The summed E-state index contributed by atoms with van der Waals surface area (Å²) in [4.78, 5) is 35.2. The summed E-state index contributed by atoms with van der Waals surface area (Å²) in [5.74, 6) is 1.05. The molecule has 0 radical (unpaired) electrons. The van der Waals surface area contributed by atoms with Crippen molar-refractivity contribution in [2.75, 3.05) is 31.2 Å². The summed E-state index contributed by atoms with van der Waals surface area (Å²) in [6.45, 7) is 1.33. The van der Waals surface area contributed by atoms with E-state index in [1.807, 2.05) is 24.3 Å². The van der Waals surface area contributed by atoms with E-state index in [1.54, 1.807) is 18.7 Å². The number of aliphatic hydroxyl groups is 1. The van der Waals surface area contributed by atoms with Crippen molar-refractivity contribution in [2.45, 2.75) is 18.9 Å². The number of anilines is 1. The molecule has 10 nitrogen and oxygen atoms in total. The number of fused-ring (bicyclic) bond motifs is 2. The van der Waals surface area contributed by atoms with Gasteiger partial charge < -0.3 is 25.0 Å². The first-order chi connectivity index (χ1) is 15.7. The molecule has 32 heavy (non-hydrogen) atoms. The number of para-hydroxylation sites is 1. The number of hydrogen-bond donors (Lipinski definition) is 3. The van der Waals surface area contributed by atoms with Crippen LogP contribution in [0.4, 0.5) is 5.82 Å². The van der Waals surface area contributed by atoms with Crippen LogP contribution in [0.15, 0.2) is 43.0 Å². The highest BCUT2D eigenvalue weighted by molar-refractivity contribution is 5.97. The van der Waals surface area contributed by atoms with Gasteiger partial charge in [0.25, 0.3) is 5.91 Å². The summed E-state index contributed by atoms with van der Waals surface area (Å²) in [5, 5.41) is 12.5. The number of rotatable bonds is 7. The number of aromatic nitrogens is 5. The third-order valence-corrected chi connectivity index (χ3v) is 5.59. The molecule has 5 rings (SSSR count). The van der Waals surface area contributed by atoms with Crippen LogP contribution >= 0.6 is 0 Å². The molecule has 1 atom stereocenters. The molecule has 3 aromatic heterocycles. The van der Waals surface area contributed by atoms with Gasteiger partial charge in [0.05, 0.1) is 24.5 Å². The molecular formula is C22H23N7O3. The topological polar surface area (TPSA) is 129 Å². The summed E-state index contributed by atoms with van der Waals surface area (Å²) < 4.78 is 6.26. The number of H-pyrrole nitrogens is 1. The van der Waals surface area contributed by atoms with Crippen molar-refractivity contribution in [1.82, 2.24) is 30.2 Å². The van der Waals surface area contributed by atoms with E-state index in [1.165, 1.54) is 0 Å². The van der Waals surface area contributed by atoms with Gasteiger partial charge in [-0.2, -0.15) is 0 Å². The van der Waals surface area contributed by atoms with Crippen molar-refractivity contribution in [3.05, 3.63) is 48.7 Å². The minimum atomic E-state index is -0.348. The summed E-state index contributed by atoms with van der Waals surface area (Å²) in [6.07, 6.45) is 5.15. The van der Waals surface area contributed by atoms with E-state index >= 15 is 0 Å². The van der Waals surface area contributed by atoms with Gasteiger partial charge in [-0.1, -0.05) is 12.1 Å². The minimum absolute atomic E-state index is 0.114. The van der Waals surface area contributed by atoms with E-state index < -0.39 is 0 Å². The second-order valence-corrected chi connectivity index (χ2v) is 7.60. The maximum atomic E-state index is 12.4. The molecule has 4 heterocycles. The van der Waals surface area contributed by atoms with Gasteiger partial charge >= 0.3 is 0 Å². The van der Waals surface area contributed by atoms with Crippen molar-refractivity contribution in [3.8, 4) is 5.75 Å². The largest absolute Gasteiger partial charge is 0.491 e. The molecule has 1 aliphatic heterocycles. The fraction of sp³-hybridized carbons (Fsp3) is 0.318. The predicted octanol–water partition coefficient (Wildman–Crippen LogP) is 1.67.